The van der Waals surface area contributed by atoms with Crippen LogP contribution in [0.4, 0.5) is 4.39 Å². The van der Waals surface area contributed by atoms with Gasteiger partial charge in [0.2, 0.25) is 0 Å². The largest absolute Gasteiger partial charge is 0.465 e. The van der Waals surface area contributed by atoms with E-state index in [1.165, 1.54) is 13.2 Å². The van der Waals surface area contributed by atoms with Crippen LogP contribution in [-0.4, -0.2) is 18.1 Å². The number of oxazole rings is 1. The fourth-order valence-corrected chi connectivity index (χ4v) is 1.25. The van der Waals surface area contributed by atoms with Crippen molar-refractivity contribution in [2.75, 3.05) is 7.11 Å². The monoisotopic (exact) mass is 211 g/mol. The maximum atomic E-state index is 13.3. The fourth-order valence-electron chi connectivity index (χ4n) is 1.25. The number of aromatic nitrogens is 1. The third-order valence-corrected chi connectivity index (χ3v) is 1.90. The number of benzene rings is 1. The molecule has 0 fully saturated rings. The molecule has 0 saturated heterocycles. The normalized spacial score (nSPS) is 10.5. The van der Waals surface area contributed by atoms with Gasteiger partial charge in [-0.05, 0) is 12.1 Å². The number of carbonyl (C=O) groups excluding carboxylic acids is 1. The van der Waals surface area contributed by atoms with Gasteiger partial charge >= 0.3 is 11.7 Å². The minimum absolute atomic E-state index is 0.00903. The summed E-state index contributed by atoms with van der Waals surface area (Å²) in [6.45, 7) is 0. The molecule has 1 aromatic carbocycles. The lowest BCUT2D eigenvalue weighted by molar-refractivity contribution is 0.0600. The first kappa shape index (κ1) is 9.45. The van der Waals surface area contributed by atoms with Crippen LogP contribution in [0.1, 0.15) is 10.4 Å². The summed E-state index contributed by atoms with van der Waals surface area (Å²) in [5.41, 5.74) is -0.0849. The van der Waals surface area contributed by atoms with E-state index in [2.05, 4.69) is 14.1 Å². The molecule has 0 aliphatic heterocycles. The first-order valence-corrected chi connectivity index (χ1v) is 4.02. The van der Waals surface area contributed by atoms with Gasteiger partial charge in [-0.25, -0.2) is 14.0 Å². The smallest absolute Gasteiger partial charge is 0.417 e. The summed E-state index contributed by atoms with van der Waals surface area (Å²) in [7, 11) is 1.18. The molecule has 1 aromatic heterocycles. The molecule has 78 valence electrons. The van der Waals surface area contributed by atoms with Gasteiger partial charge in [-0.1, -0.05) is 0 Å². The van der Waals surface area contributed by atoms with Crippen molar-refractivity contribution in [1.82, 2.24) is 4.98 Å². The van der Waals surface area contributed by atoms with Gasteiger partial charge < -0.3 is 9.15 Å². The number of carbonyl (C=O) groups is 1. The maximum absolute atomic E-state index is 13.3. The molecule has 0 atom stereocenters. The number of hydrogen-bond donors (Lipinski definition) is 1. The minimum Gasteiger partial charge on any atom is -0.465 e. The Balaban J connectivity index is 2.71. The standard InChI is InChI=1S/C9H6FNO4/c1-14-8(12)4-2-5(10)7-6(3-4)15-9(13)11-7/h2-3H,1H3,(H,11,13). The van der Waals surface area contributed by atoms with Crippen molar-refractivity contribution in [1.29, 1.82) is 0 Å². The second kappa shape index (κ2) is 3.23. The minimum atomic E-state index is -0.772. The van der Waals surface area contributed by atoms with Gasteiger partial charge in [0.1, 0.15) is 5.52 Å². The van der Waals surface area contributed by atoms with E-state index < -0.39 is 17.5 Å². The number of rotatable bonds is 1. The summed E-state index contributed by atoms with van der Waals surface area (Å²) >= 11 is 0. The molecule has 1 heterocycles. The van der Waals surface area contributed by atoms with Gasteiger partial charge in [-0.3, -0.25) is 4.98 Å². The summed E-state index contributed by atoms with van der Waals surface area (Å²) in [4.78, 5) is 24.0. The third-order valence-electron chi connectivity index (χ3n) is 1.90. The number of halogens is 1. The number of H-pyrrole nitrogens is 1. The van der Waals surface area contributed by atoms with E-state index in [1.54, 1.807) is 0 Å². The molecule has 15 heavy (non-hydrogen) atoms. The highest BCUT2D eigenvalue weighted by Gasteiger charge is 2.13. The summed E-state index contributed by atoms with van der Waals surface area (Å²) in [6.07, 6.45) is 0. The summed E-state index contributed by atoms with van der Waals surface area (Å²) in [5, 5.41) is 0. The Bertz CT molecular complexity index is 583. The van der Waals surface area contributed by atoms with E-state index >= 15 is 0 Å². The van der Waals surface area contributed by atoms with Crippen molar-refractivity contribution in [3.8, 4) is 0 Å². The molecule has 1 N–H and O–H groups in total. The van der Waals surface area contributed by atoms with Crippen molar-refractivity contribution in [2.24, 2.45) is 0 Å². The van der Waals surface area contributed by atoms with Gasteiger partial charge in [-0.15, -0.1) is 0 Å². The van der Waals surface area contributed by atoms with Crippen LogP contribution in [0.25, 0.3) is 11.1 Å². The molecule has 6 heteroatoms. The highest BCUT2D eigenvalue weighted by Crippen LogP contribution is 2.17. The number of fused-ring (bicyclic) bond motifs is 1. The predicted molar refractivity (Wildman–Crippen MR) is 48.1 cm³/mol. The van der Waals surface area contributed by atoms with Gasteiger partial charge in [0.15, 0.2) is 11.4 Å². The Morgan fingerprint density at radius 2 is 2.27 bits per heavy atom. The quantitative estimate of drug-likeness (QED) is 0.715. The summed E-state index contributed by atoms with van der Waals surface area (Å²) < 4.78 is 22.4. The lowest BCUT2D eigenvalue weighted by atomic mass is 10.2. The number of ether oxygens (including phenoxy) is 1. The molecule has 0 aliphatic rings. The lowest BCUT2D eigenvalue weighted by Crippen LogP contribution is -2.01. The average Bonchev–Trinajstić information content (AvgIpc) is 2.58. The SMILES string of the molecule is COC(=O)c1cc(F)c2[nH]c(=O)oc2c1. The van der Waals surface area contributed by atoms with E-state index in [-0.39, 0.29) is 16.7 Å². The highest BCUT2D eigenvalue weighted by molar-refractivity contribution is 5.93. The van der Waals surface area contributed by atoms with Gasteiger partial charge in [0, 0.05) is 0 Å². The van der Waals surface area contributed by atoms with Gasteiger partial charge in [-0.2, -0.15) is 0 Å². The van der Waals surface area contributed by atoms with E-state index in [9.17, 15) is 14.0 Å². The zero-order valence-electron chi connectivity index (χ0n) is 7.67. The molecule has 0 saturated carbocycles. The Kier molecular flexibility index (Phi) is 2.03. The topological polar surface area (TPSA) is 72.3 Å². The van der Waals surface area contributed by atoms with E-state index in [4.69, 9.17) is 0 Å². The molecule has 0 unspecified atom stereocenters. The van der Waals surface area contributed by atoms with Crippen LogP contribution in [-0.2, 0) is 4.74 Å². The highest BCUT2D eigenvalue weighted by atomic mass is 19.1. The third kappa shape index (κ3) is 1.50. The number of methoxy groups -OCH3 is 1. The second-order valence-electron chi connectivity index (χ2n) is 2.84. The van der Waals surface area contributed by atoms with Crippen LogP contribution in [0.15, 0.2) is 21.3 Å². The molecule has 0 aliphatic carbocycles. The molecular formula is C9H6FNO4. The Morgan fingerprint density at radius 3 is 2.93 bits per heavy atom. The molecule has 0 amide bonds. The molecule has 0 bridgehead atoms. The lowest BCUT2D eigenvalue weighted by Gasteiger charge is -1.98. The number of esters is 1. The van der Waals surface area contributed by atoms with E-state index in [0.717, 1.165) is 6.07 Å². The van der Waals surface area contributed by atoms with Crippen LogP contribution in [0, 0.1) is 5.82 Å². The zero-order chi connectivity index (χ0) is 11.0. The van der Waals surface area contributed by atoms with Crippen molar-refractivity contribution in [3.63, 3.8) is 0 Å². The fraction of sp³-hybridized carbons (Fsp3) is 0.111. The van der Waals surface area contributed by atoms with Crippen LogP contribution in [0.2, 0.25) is 0 Å². The molecule has 2 rings (SSSR count). The predicted octanol–water partition coefficient (Wildman–Crippen LogP) is 1.05. The molecular weight excluding hydrogens is 205 g/mol. The van der Waals surface area contributed by atoms with Crippen LogP contribution in [0.3, 0.4) is 0 Å². The number of aromatic amines is 1. The number of nitrogens with one attached hydrogen (secondary N) is 1. The zero-order valence-corrected chi connectivity index (χ0v) is 7.67. The molecule has 5 nitrogen and oxygen atoms in total. The van der Waals surface area contributed by atoms with Crippen molar-refractivity contribution >= 4 is 17.1 Å². The van der Waals surface area contributed by atoms with Crippen LogP contribution < -0.4 is 5.76 Å². The summed E-state index contributed by atoms with van der Waals surface area (Å²) in [6, 6.07) is 2.21. The molecule has 0 radical (unpaired) electrons. The first-order valence-electron chi connectivity index (χ1n) is 4.02. The van der Waals surface area contributed by atoms with E-state index in [1.807, 2.05) is 0 Å². The van der Waals surface area contributed by atoms with Crippen LogP contribution in [0.5, 0.6) is 0 Å². The average molecular weight is 211 g/mol. The second-order valence-corrected chi connectivity index (χ2v) is 2.84. The van der Waals surface area contributed by atoms with Crippen molar-refractivity contribution in [2.45, 2.75) is 0 Å². The Morgan fingerprint density at radius 1 is 1.53 bits per heavy atom. The van der Waals surface area contributed by atoms with Crippen molar-refractivity contribution < 1.29 is 18.3 Å². The summed E-state index contributed by atoms with van der Waals surface area (Å²) in [5.74, 6) is -2.20. The first-order chi connectivity index (χ1) is 7.11. The Hall–Kier alpha value is -2.11. The maximum Gasteiger partial charge on any atom is 0.417 e. The van der Waals surface area contributed by atoms with E-state index in [0.29, 0.717) is 0 Å². The van der Waals surface area contributed by atoms with Crippen LogP contribution >= 0.6 is 0 Å². The van der Waals surface area contributed by atoms with Crippen molar-refractivity contribution in [3.05, 3.63) is 34.1 Å². The van der Waals surface area contributed by atoms with Gasteiger partial charge in [0.05, 0.1) is 12.7 Å². The van der Waals surface area contributed by atoms with Gasteiger partial charge in [0.25, 0.3) is 0 Å². The number of hydrogen-bond acceptors (Lipinski definition) is 4. The molecule has 2 aromatic rings. The Labute approximate surface area is 82.5 Å². The molecule has 0 spiro atoms.